The topological polar surface area (TPSA) is 101 Å². The average molecular weight is 525 g/mol. The molecule has 0 saturated heterocycles. The van der Waals surface area contributed by atoms with Gasteiger partial charge in [-0.1, -0.05) is 65.6 Å². The van der Waals surface area contributed by atoms with Gasteiger partial charge in [0.25, 0.3) is 15.9 Å². The Hall–Kier alpha value is -3.21. The average Bonchev–Trinajstić information content (AvgIpc) is 3.24. The van der Waals surface area contributed by atoms with Gasteiger partial charge >= 0.3 is 0 Å². The number of sulfonamides is 1. The van der Waals surface area contributed by atoms with E-state index < -0.39 is 15.9 Å². The molecule has 0 unspecified atom stereocenters. The number of benzene rings is 3. The molecular formula is C25H24N4O3S3. The largest absolute Gasteiger partial charge is 0.296 e. The summed E-state index contributed by atoms with van der Waals surface area (Å²) in [5.41, 5.74) is 4.29. The van der Waals surface area contributed by atoms with Crippen molar-refractivity contribution in [3.63, 3.8) is 0 Å². The second-order valence-corrected chi connectivity index (χ2v) is 11.9. The molecule has 3 aromatic carbocycles. The lowest BCUT2D eigenvalue weighted by atomic mass is 10.1. The van der Waals surface area contributed by atoms with E-state index in [-0.39, 0.29) is 10.5 Å². The highest BCUT2D eigenvalue weighted by atomic mass is 32.2. The fourth-order valence-corrected chi connectivity index (χ4v) is 6.50. The lowest BCUT2D eigenvalue weighted by Gasteiger charge is -2.13. The van der Waals surface area contributed by atoms with Gasteiger partial charge in [0, 0.05) is 17.0 Å². The number of carbonyl (C=O) groups is 1. The molecule has 7 nitrogen and oxygen atoms in total. The zero-order valence-electron chi connectivity index (χ0n) is 19.4. The monoisotopic (exact) mass is 524 g/mol. The minimum Gasteiger partial charge on any atom is -0.296 e. The van der Waals surface area contributed by atoms with E-state index in [1.165, 1.54) is 34.7 Å². The van der Waals surface area contributed by atoms with Gasteiger partial charge < -0.3 is 0 Å². The number of nitrogens with one attached hydrogen (secondary N) is 2. The van der Waals surface area contributed by atoms with Crippen LogP contribution in [0.15, 0.2) is 76.0 Å². The Balaban J connectivity index is 1.47. The second-order valence-electron chi connectivity index (χ2n) is 8.06. The summed E-state index contributed by atoms with van der Waals surface area (Å²) in [6.07, 6.45) is 0. The van der Waals surface area contributed by atoms with E-state index in [0.29, 0.717) is 16.4 Å². The highest BCUT2D eigenvalue weighted by Crippen LogP contribution is 2.29. The van der Waals surface area contributed by atoms with Crippen LogP contribution in [0.1, 0.15) is 32.6 Å². The van der Waals surface area contributed by atoms with Crippen LogP contribution in [0.2, 0.25) is 0 Å². The summed E-state index contributed by atoms with van der Waals surface area (Å²) in [4.78, 5) is 12.9. The van der Waals surface area contributed by atoms with Gasteiger partial charge in [0.2, 0.25) is 5.13 Å². The van der Waals surface area contributed by atoms with Crippen LogP contribution in [-0.4, -0.2) is 24.5 Å². The third kappa shape index (κ3) is 6.47. The summed E-state index contributed by atoms with van der Waals surface area (Å²) in [6.45, 7) is 5.50. The van der Waals surface area contributed by atoms with Gasteiger partial charge in [0.05, 0.1) is 4.90 Å². The van der Waals surface area contributed by atoms with E-state index in [0.717, 1.165) is 21.2 Å². The highest BCUT2D eigenvalue weighted by Gasteiger charge is 2.20. The van der Waals surface area contributed by atoms with Crippen molar-refractivity contribution in [2.45, 2.75) is 35.8 Å². The maximum absolute atomic E-state index is 13.1. The fraction of sp³-hybridized carbons (Fsp3) is 0.160. The maximum Gasteiger partial charge on any atom is 0.262 e. The van der Waals surface area contributed by atoms with E-state index >= 15 is 0 Å². The smallest absolute Gasteiger partial charge is 0.262 e. The Kier molecular flexibility index (Phi) is 7.54. The van der Waals surface area contributed by atoms with E-state index in [2.05, 4.69) is 20.2 Å². The van der Waals surface area contributed by atoms with Crippen LogP contribution in [-0.2, 0) is 15.8 Å². The van der Waals surface area contributed by atoms with Crippen molar-refractivity contribution in [2.75, 3.05) is 10.0 Å². The maximum atomic E-state index is 13.1. The predicted molar refractivity (Wildman–Crippen MR) is 142 cm³/mol. The SMILES string of the molecule is Cc1cc(C)cc(NS(=O)(=O)c2cc(C(=O)Nc3nnc(SCc4ccccc4)s3)ccc2C)c1. The number of rotatable bonds is 8. The summed E-state index contributed by atoms with van der Waals surface area (Å²) in [5.74, 6) is 0.291. The molecule has 4 aromatic rings. The predicted octanol–water partition coefficient (Wildman–Crippen LogP) is 5.81. The number of aromatic nitrogens is 2. The molecule has 2 N–H and O–H groups in total. The fourth-order valence-electron chi connectivity index (χ4n) is 3.48. The molecule has 0 aliphatic rings. The molecule has 0 radical (unpaired) electrons. The van der Waals surface area contributed by atoms with Crippen LogP contribution in [0.5, 0.6) is 0 Å². The van der Waals surface area contributed by atoms with Crippen LogP contribution >= 0.6 is 23.1 Å². The Morgan fingerprint density at radius 3 is 2.37 bits per heavy atom. The third-order valence-corrected chi connectivity index (χ3v) is 8.61. The van der Waals surface area contributed by atoms with Crippen LogP contribution in [0, 0.1) is 20.8 Å². The van der Waals surface area contributed by atoms with Crippen molar-refractivity contribution >= 4 is 49.8 Å². The molecule has 1 heterocycles. The summed E-state index contributed by atoms with van der Waals surface area (Å²) >= 11 is 2.80. The molecule has 4 rings (SSSR count). The van der Waals surface area contributed by atoms with Gasteiger partial charge in [-0.2, -0.15) is 0 Å². The number of aryl methyl sites for hydroxylation is 3. The summed E-state index contributed by atoms with van der Waals surface area (Å²) < 4.78 is 29.6. The zero-order valence-corrected chi connectivity index (χ0v) is 21.9. The van der Waals surface area contributed by atoms with Crippen molar-refractivity contribution in [1.29, 1.82) is 0 Å². The second kappa shape index (κ2) is 10.6. The number of carbonyl (C=O) groups excluding carboxylic acids is 1. The van der Waals surface area contributed by atoms with Crippen molar-refractivity contribution in [2.24, 2.45) is 0 Å². The molecule has 0 aliphatic carbocycles. The molecule has 0 aliphatic heterocycles. The summed E-state index contributed by atoms with van der Waals surface area (Å²) in [7, 11) is -3.89. The van der Waals surface area contributed by atoms with Crippen LogP contribution in [0.4, 0.5) is 10.8 Å². The molecule has 1 aromatic heterocycles. The minimum atomic E-state index is -3.89. The molecule has 0 spiro atoms. The van der Waals surface area contributed by atoms with Crippen molar-refractivity contribution in [3.8, 4) is 0 Å². The van der Waals surface area contributed by atoms with Crippen molar-refractivity contribution in [1.82, 2.24) is 10.2 Å². The normalized spacial score (nSPS) is 11.3. The van der Waals surface area contributed by atoms with E-state index in [4.69, 9.17) is 0 Å². The quantitative estimate of drug-likeness (QED) is 0.223. The Morgan fingerprint density at radius 2 is 1.66 bits per heavy atom. The highest BCUT2D eigenvalue weighted by molar-refractivity contribution is 8.00. The first-order chi connectivity index (χ1) is 16.7. The Labute approximate surface area is 213 Å². The molecule has 180 valence electrons. The number of nitrogens with zero attached hydrogens (tertiary/aromatic N) is 2. The summed E-state index contributed by atoms with van der Waals surface area (Å²) in [5, 5.41) is 11.2. The first-order valence-corrected chi connectivity index (χ1v) is 14.0. The molecule has 1 amide bonds. The first-order valence-electron chi connectivity index (χ1n) is 10.7. The lowest BCUT2D eigenvalue weighted by molar-refractivity contribution is 0.102. The standard InChI is InChI=1S/C25H24N4O3S3/c1-16-11-17(2)13-21(12-16)29-35(31,32)22-14-20(10-9-18(22)3)23(30)26-24-27-28-25(34-24)33-15-19-7-5-4-6-8-19/h4-14,29H,15H2,1-3H3,(H,26,27,30). The third-order valence-electron chi connectivity index (χ3n) is 5.05. The van der Waals surface area contributed by atoms with Gasteiger partial charge in [-0.25, -0.2) is 8.42 Å². The van der Waals surface area contributed by atoms with Gasteiger partial charge in [-0.05, 0) is 67.3 Å². The van der Waals surface area contributed by atoms with Crippen molar-refractivity contribution < 1.29 is 13.2 Å². The van der Waals surface area contributed by atoms with Gasteiger partial charge in [0.15, 0.2) is 4.34 Å². The molecule has 0 saturated carbocycles. The Morgan fingerprint density at radius 1 is 0.943 bits per heavy atom. The minimum absolute atomic E-state index is 0.0423. The zero-order chi connectivity index (χ0) is 25.0. The Bertz CT molecular complexity index is 1450. The molecule has 0 fully saturated rings. The van der Waals surface area contributed by atoms with E-state index in [9.17, 15) is 13.2 Å². The molecule has 0 bridgehead atoms. The number of thioether (sulfide) groups is 1. The van der Waals surface area contributed by atoms with Gasteiger partial charge in [-0.15, -0.1) is 10.2 Å². The van der Waals surface area contributed by atoms with Gasteiger partial charge in [-0.3, -0.25) is 14.8 Å². The molecule has 35 heavy (non-hydrogen) atoms. The number of amides is 1. The van der Waals surface area contributed by atoms with Crippen LogP contribution in [0.3, 0.4) is 0 Å². The van der Waals surface area contributed by atoms with E-state index in [1.807, 2.05) is 50.2 Å². The molecule has 0 atom stereocenters. The van der Waals surface area contributed by atoms with Crippen LogP contribution in [0.25, 0.3) is 0 Å². The molecular weight excluding hydrogens is 501 g/mol. The number of hydrogen-bond acceptors (Lipinski definition) is 7. The first kappa shape index (κ1) is 24.9. The van der Waals surface area contributed by atoms with Crippen molar-refractivity contribution in [3.05, 3.63) is 94.5 Å². The van der Waals surface area contributed by atoms with Crippen LogP contribution < -0.4 is 10.0 Å². The number of hydrogen-bond donors (Lipinski definition) is 2. The molecule has 10 heteroatoms. The number of anilines is 2. The van der Waals surface area contributed by atoms with E-state index in [1.54, 1.807) is 31.2 Å². The van der Waals surface area contributed by atoms with Gasteiger partial charge in [0.1, 0.15) is 0 Å². The lowest BCUT2D eigenvalue weighted by Crippen LogP contribution is -2.17. The summed E-state index contributed by atoms with van der Waals surface area (Å²) in [6, 6.07) is 20.1.